The predicted molar refractivity (Wildman–Crippen MR) is 127 cm³/mol. The van der Waals surface area contributed by atoms with Crippen molar-refractivity contribution in [3.05, 3.63) is 94.3 Å². The lowest BCUT2D eigenvalue weighted by molar-refractivity contribution is -0.111. The van der Waals surface area contributed by atoms with E-state index in [0.717, 1.165) is 30.4 Å². The topological polar surface area (TPSA) is 29.1 Å². The Bertz CT molecular complexity index is 834. The summed E-state index contributed by atoms with van der Waals surface area (Å²) in [5.41, 5.74) is 7.63. The third-order valence-corrected chi connectivity index (χ3v) is 5.04. The van der Waals surface area contributed by atoms with Gasteiger partial charge < -0.3 is 5.32 Å². The Morgan fingerprint density at radius 2 is 1.83 bits per heavy atom. The van der Waals surface area contributed by atoms with Gasteiger partial charge in [-0.05, 0) is 68.9 Å². The molecule has 0 aliphatic carbocycles. The van der Waals surface area contributed by atoms with Crippen LogP contribution in [0.5, 0.6) is 0 Å². The Morgan fingerprint density at radius 1 is 1.14 bits per heavy atom. The maximum atomic E-state index is 12.5. The summed E-state index contributed by atoms with van der Waals surface area (Å²) in [6.45, 7) is 17.2. The molecule has 0 amide bonds. The van der Waals surface area contributed by atoms with Gasteiger partial charge >= 0.3 is 0 Å². The first kappa shape index (κ1) is 24.4. The quantitative estimate of drug-likeness (QED) is 0.327. The van der Waals surface area contributed by atoms with Gasteiger partial charge in [0.05, 0.1) is 0 Å². The van der Waals surface area contributed by atoms with Crippen molar-refractivity contribution >= 4 is 5.78 Å². The average Bonchev–Trinajstić information content (AvgIpc) is 2.71. The average molecular weight is 392 g/mol. The standard InChI is InChI=1S/C27H37NO/c1-8-12-24-17-23(16-15-21(24)6)18-28-19-26(22(7)27(29)14-10-3)25(13-9-2)20(5)11-4/h9-10,13-17,19,28H,7-8,11-12,18H2,1-6H3/b13-9-,14-10?,25-20-,26-19-. The maximum Gasteiger partial charge on any atom is 0.185 e. The number of allylic oxidation sites excluding steroid dienone is 8. The first-order chi connectivity index (χ1) is 13.9. The summed E-state index contributed by atoms with van der Waals surface area (Å²) in [5, 5.41) is 3.42. The van der Waals surface area contributed by atoms with Crippen molar-refractivity contribution < 1.29 is 4.79 Å². The highest BCUT2D eigenvalue weighted by Gasteiger charge is 2.14. The van der Waals surface area contributed by atoms with Crippen molar-refractivity contribution in [3.8, 4) is 0 Å². The minimum Gasteiger partial charge on any atom is -0.386 e. The lowest BCUT2D eigenvalue weighted by atomic mass is 9.92. The molecule has 2 heteroatoms. The number of hydrogen-bond donors (Lipinski definition) is 1. The molecule has 0 saturated heterocycles. The zero-order valence-corrected chi connectivity index (χ0v) is 19.1. The largest absolute Gasteiger partial charge is 0.386 e. The zero-order chi connectivity index (χ0) is 21.8. The summed E-state index contributed by atoms with van der Waals surface area (Å²) >= 11 is 0. The SMILES string of the molecule is C=C(C(=O)C=CC)C(=C/NCc1ccc(C)c(CCC)c1)/C(/C=C\C)=C(/C)CC. The summed E-state index contributed by atoms with van der Waals surface area (Å²) in [5.74, 6) is -0.0629. The van der Waals surface area contributed by atoms with Crippen LogP contribution in [0, 0.1) is 6.92 Å². The van der Waals surface area contributed by atoms with Gasteiger partial charge in [0.25, 0.3) is 0 Å². The molecule has 0 spiro atoms. The fourth-order valence-corrected chi connectivity index (χ4v) is 3.18. The van der Waals surface area contributed by atoms with E-state index in [-0.39, 0.29) is 5.78 Å². The van der Waals surface area contributed by atoms with Gasteiger partial charge in [0.2, 0.25) is 0 Å². The van der Waals surface area contributed by atoms with Crippen molar-refractivity contribution in [1.29, 1.82) is 0 Å². The van der Waals surface area contributed by atoms with Crippen LogP contribution in [-0.4, -0.2) is 5.78 Å². The van der Waals surface area contributed by atoms with Crippen molar-refractivity contribution in [2.24, 2.45) is 0 Å². The van der Waals surface area contributed by atoms with E-state index in [1.54, 1.807) is 12.2 Å². The van der Waals surface area contributed by atoms with Crippen LogP contribution < -0.4 is 5.32 Å². The molecule has 0 aliphatic rings. The normalized spacial score (nSPS) is 13.1. The van der Waals surface area contributed by atoms with E-state index in [0.29, 0.717) is 12.1 Å². The van der Waals surface area contributed by atoms with Gasteiger partial charge in [-0.1, -0.05) is 68.8 Å². The van der Waals surface area contributed by atoms with Gasteiger partial charge in [-0.3, -0.25) is 4.79 Å². The Labute approximate surface area is 177 Å². The molecule has 0 aliphatic heterocycles. The molecule has 1 aromatic carbocycles. The Morgan fingerprint density at radius 3 is 2.41 bits per heavy atom. The van der Waals surface area contributed by atoms with Crippen molar-refractivity contribution in [3.63, 3.8) is 0 Å². The molecule has 0 aromatic heterocycles. The number of benzene rings is 1. The molecule has 0 saturated carbocycles. The summed E-state index contributed by atoms with van der Waals surface area (Å²) in [7, 11) is 0. The predicted octanol–water partition coefficient (Wildman–Crippen LogP) is 6.93. The van der Waals surface area contributed by atoms with E-state index in [1.807, 2.05) is 26.1 Å². The van der Waals surface area contributed by atoms with E-state index in [1.165, 1.54) is 22.3 Å². The first-order valence-corrected chi connectivity index (χ1v) is 10.6. The summed E-state index contributed by atoms with van der Waals surface area (Å²) < 4.78 is 0. The maximum absolute atomic E-state index is 12.5. The van der Waals surface area contributed by atoms with Crippen LogP contribution in [0.2, 0.25) is 0 Å². The zero-order valence-electron chi connectivity index (χ0n) is 19.1. The number of aryl methyl sites for hydroxylation is 2. The van der Waals surface area contributed by atoms with Crippen LogP contribution in [0.3, 0.4) is 0 Å². The molecule has 0 radical (unpaired) electrons. The Hall–Kier alpha value is -2.61. The van der Waals surface area contributed by atoms with Crippen molar-refractivity contribution in [2.75, 3.05) is 0 Å². The molecule has 2 nitrogen and oxygen atoms in total. The van der Waals surface area contributed by atoms with Crippen LogP contribution in [0.1, 0.15) is 64.2 Å². The third-order valence-electron chi connectivity index (χ3n) is 5.04. The second-order valence-corrected chi connectivity index (χ2v) is 7.34. The number of hydrogen-bond acceptors (Lipinski definition) is 2. The highest BCUT2D eigenvalue weighted by molar-refractivity contribution is 6.07. The van der Waals surface area contributed by atoms with Gasteiger partial charge in [0.15, 0.2) is 5.78 Å². The van der Waals surface area contributed by atoms with Gasteiger partial charge in [0.1, 0.15) is 0 Å². The number of carbonyl (C=O) groups is 1. The van der Waals surface area contributed by atoms with E-state index in [4.69, 9.17) is 0 Å². The first-order valence-electron chi connectivity index (χ1n) is 10.6. The van der Waals surface area contributed by atoms with Crippen LogP contribution in [0.15, 0.2) is 77.6 Å². The van der Waals surface area contributed by atoms with E-state index >= 15 is 0 Å². The van der Waals surface area contributed by atoms with Gasteiger partial charge in [-0.2, -0.15) is 0 Å². The number of ketones is 1. The smallest absolute Gasteiger partial charge is 0.185 e. The molecule has 1 aromatic rings. The molecular formula is C27H37NO. The molecule has 29 heavy (non-hydrogen) atoms. The summed E-state index contributed by atoms with van der Waals surface area (Å²) in [6.07, 6.45) is 12.5. The highest BCUT2D eigenvalue weighted by Crippen LogP contribution is 2.25. The molecule has 0 unspecified atom stereocenters. The minimum atomic E-state index is -0.0629. The molecule has 0 atom stereocenters. The fraction of sp³-hybridized carbons (Fsp3) is 0.370. The molecule has 1 rings (SSSR count). The molecule has 1 N–H and O–H groups in total. The van der Waals surface area contributed by atoms with E-state index in [2.05, 4.69) is 63.9 Å². The van der Waals surface area contributed by atoms with Crippen LogP contribution in [0.25, 0.3) is 0 Å². The monoisotopic (exact) mass is 391 g/mol. The second kappa shape index (κ2) is 12.8. The lowest BCUT2D eigenvalue weighted by Crippen LogP contribution is -2.11. The van der Waals surface area contributed by atoms with Crippen molar-refractivity contribution in [1.82, 2.24) is 5.32 Å². The molecule has 0 fully saturated rings. The molecule has 156 valence electrons. The molecule has 0 bridgehead atoms. The van der Waals surface area contributed by atoms with Gasteiger partial charge in [-0.25, -0.2) is 0 Å². The van der Waals surface area contributed by atoms with Crippen LogP contribution in [0.4, 0.5) is 0 Å². The number of rotatable bonds is 11. The minimum absolute atomic E-state index is 0.0629. The lowest BCUT2D eigenvalue weighted by Gasteiger charge is -2.15. The van der Waals surface area contributed by atoms with Gasteiger partial charge in [-0.15, -0.1) is 0 Å². The Balaban J connectivity index is 3.22. The van der Waals surface area contributed by atoms with Crippen LogP contribution >= 0.6 is 0 Å². The van der Waals surface area contributed by atoms with Gasteiger partial charge in [0, 0.05) is 23.9 Å². The summed E-state index contributed by atoms with van der Waals surface area (Å²) in [4.78, 5) is 12.5. The second-order valence-electron chi connectivity index (χ2n) is 7.34. The Kier molecular flexibility index (Phi) is 10.8. The van der Waals surface area contributed by atoms with E-state index in [9.17, 15) is 4.79 Å². The van der Waals surface area contributed by atoms with E-state index < -0.39 is 0 Å². The fourth-order valence-electron chi connectivity index (χ4n) is 3.18. The highest BCUT2D eigenvalue weighted by atomic mass is 16.1. The molecular weight excluding hydrogens is 354 g/mol. The molecule has 0 heterocycles. The van der Waals surface area contributed by atoms with Crippen molar-refractivity contribution in [2.45, 2.75) is 67.3 Å². The third kappa shape index (κ3) is 7.38. The number of carbonyl (C=O) groups excluding carboxylic acids is 1. The summed E-state index contributed by atoms with van der Waals surface area (Å²) in [6, 6.07) is 6.63. The number of nitrogens with one attached hydrogen (secondary N) is 1. The van der Waals surface area contributed by atoms with Crippen LogP contribution in [-0.2, 0) is 17.8 Å².